The molecule has 1 aromatic heterocycles. The summed E-state index contributed by atoms with van der Waals surface area (Å²) in [5.74, 6) is 0.361. The molecule has 1 aromatic carbocycles. The van der Waals surface area contributed by atoms with Crippen LogP contribution >= 0.6 is 27.5 Å². The highest BCUT2D eigenvalue weighted by Crippen LogP contribution is 2.35. The van der Waals surface area contributed by atoms with E-state index in [0.29, 0.717) is 36.3 Å². The number of carbonyl (C=O) groups excluding carboxylic acids is 1. The zero-order valence-corrected chi connectivity index (χ0v) is 20.6. The number of halogens is 3. The van der Waals surface area contributed by atoms with E-state index in [4.69, 9.17) is 16.3 Å². The molecule has 1 saturated heterocycles. The van der Waals surface area contributed by atoms with Gasteiger partial charge in [0.25, 0.3) is 0 Å². The first-order chi connectivity index (χ1) is 14.5. The van der Waals surface area contributed by atoms with Crippen molar-refractivity contribution in [2.45, 2.75) is 32.4 Å². The maximum absolute atomic E-state index is 14.9. The highest BCUT2D eigenvalue weighted by atomic mass is 79.9. The highest BCUT2D eigenvalue weighted by Gasteiger charge is 2.31. The molecule has 0 radical (unpaired) electrons. The van der Waals surface area contributed by atoms with Crippen LogP contribution in [-0.4, -0.2) is 72.9 Å². The summed E-state index contributed by atoms with van der Waals surface area (Å²) in [4.78, 5) is 25.0. The molecule has 8 nitrogen and oxygen atoms in total. The number of fused-ring (bicyclic) bond motifs is 1. The zero-order valence-electron chi connectivity index (χ0n) is 18.2. The number of nitrogens with one attached hydrogen (secondary N) is 2. The van der Waals surface area contributed by atoms with Crippen LogP contribution in [0, 0.1) is 5.82 Å². The summed E-state index contributed by atoms with van der Waals surface area (Å²) in [5, 5.41) is 6.53. The van der Waals surface area contributed by atoms with Crippen LogP contribution in [0.4, 0.5) is 21.0 Å². The second-order valence-electron chi connectivity index (χ2n) is 8.63. The number of hydrogen-bond donors (Lipinski definition) is 2. The summed E-state index contributed by atoms with van der Waals surface area (Å²) in [5.41, 5.74) is -0.393. The van der Waals surface area contributed by atoms with Crippen molar-refractivity contribution in [3.05, 3.63) is 21.4 Å². The van der Waals surface area contributed by atoms with Crippen LogP contribution < -0.4 is 15.5 Å². The van der Waals surface area contributed by atoms with Crippen molar-refractivity contribution in [1.82, 2.24) is 20.2 Å². The molecule has 11 heteroatoms. The Morgan fingerprint density at radius 2 is 2.03 bits per heavy atom. The zero-order chi connectivity index (χ0) is 22.9. The number of aromatic nitrogens is 2. The Balaban J connectivity index is 1.79. The molecule has 0 atom stereocenters. The number of anilines is 2. The quantitative estimate of drug-likeness (QED) is 0.445. The normalized spacial score (nSPS) is 14.7. The smallest absolute Gasteiger partial charge is 0.407 e. The third-order valence-corrected chi connectivity index (χ3v) is 6.08. The molecule has 1 aliphatic rings. The Hall–Kier alpha value is -1.91. The van der Waals surface area contributed by atoms with Crippen LogP contribution in [0.5, 0.6) is 0 Å². The van der Waals surface area contributed by atoms with E-state index in [1.165, 1.54) is 0 Å². The standard InChI is InChI=1S/C20H27BrClFN6O2/c1-20(2,3)31-19(30)25-7-6-24-17-12-8-13(22)14(21)15(23)16(12)26-18(27-17)29-9-11(10-29)28(4)5/h8,11H,6-7,9-10H2,1-5H3,(H,25,30)(H,24,26,27). The molecule has 170 valence electrons. The van der Waals surface area contributed by atoms with E-state index in [1.54, 1.807) is 26.8 Å². The van der Waals surface area contributed by atoms with Crippen LogP contribution in [-0.2, 0) is 4.74 Å². The van der Waals surface area contributed by atoms with Crippen molar-refractivity contribution >= 4 is 56.3 Å². The molecular formula is C20H27BrClFN6O2. The van der Waals surface area contributed by atoms with E-state index in [1.807, 2.05) is 19.0 Å². The average Bonchev–Trinajstić information content (AvgIpc) is 2.61. The Kier molecular flexibility index (Phi) is 7.12. The fourth-order valence-corrected chi connectivity index (χ4v) is 3.54. The Bertz CT molecular complexity index is 979. The predicted molar refractivity (Wildman–Crippen MR) is 125 cm³/mol. The SMILES string of the molecule is CN(C)C1CN(c2nc(NCCNC(=O)OC(C)(C)C)c3cc(Cl)c(Br)c(F)c3n2)C1. The molecular weight excluding hydrogens is 491 g/mol. The molecule has 1 aliphatic heterocycles. The molecule has 0 bridgehead atoms. The lowest BCUT2D eigenvalue weighted by molar-refractivity contribution is 0.0530. The minimum Gasteiger partial charge on any atom is -0.444 e. The van der Waals surface area contributed by atoms with Gasteiger partial charge in [0, 0.05) is 37.6 Å². The Morgan fingerprint density at radius 1 is 1.35 bits per heavy atom. The van der Waals surface area contributed by atoms with Crippen molar-refractivity contribution in [3.63, 3.8) is 0 Å². The number of likely N-dealkylation sites (N-methyl/N-ethyl adjacent to an activating group) is 1. The Labute approximate surface area is 194 Å². The van der Waals surface area contributed by atoms with E-state index in [2.05, 4.69) is 41.4 Å². The number of ether oxygens (including phenoxy) is 1. The fourth-order valence-electron chi connectivity index (χ4n) is 3.04. The summed E-state index contributed by atoms with van der Waals surface area (Å²) >= 11 is 9.34. The van der Waals surface area contributed by atoms with Gasteiger partial charge in [0.2, 0.25) is 5.95 Å². The molecule has 3 rings (SSSR count). The monoisotopic (exact) mass is 516 g/mol. The first-order valence-electron chi connectivity index (χ1n) is 9.93. The average molecular weight is 518 g/mol. The van der Waals surface area contributed by atoms with Gasteiger partial charge in [0.05, 0.1) is 9.50 Å². The van der Waals surface area contributed by atoms with Gasteiger partial charge in [-0.1, -0.05) is 11.6 Å². The Morgan fingerprint density at radius 3 is 2.65 bits per heavy atom. The minimum atomic E-state index is -0.571. The molecule has 0 saturated carbocycles. The van der Waals surface area contributed by atoms with Gasteiger partial charge in [0.15, 0.2) is 5.82 Å². The molecule has 31 heavy (non-hydrogen) atoms. The number of benzene rings is 1. The van der Waals surface area contributed by atoms with Crippen LogP contribution in [0.25, 0.3) is 10.9 Å². The molecule has 2 heterocycles. The molecule has 1 amide bonds. The van der Waals surface area contributed by atoms with Crippen LogP contribution in [0.3, 0.4) is 0 Å². The number of alkyl carbamates (subject to hydrolysis) is 1. The lowest BCUT2D eigenvalue weighted by atomic mass is 10.1. The second kappa shape index (κ2) is 9.30. The maximum atomic E-state index is 14.9. The predicted octanol–water partition coefficient (Wildman–Crippen LogP) is 3.87. The van der Waals surface area contributed by atoms with E-state index in [9.17, 15) is 9.18 Å². The third-order valence-electron chi connectivity index (χ3n) is 4.78. The van der Waals surface area contributed by atoms with Gasteiger partial charge in [-0.3, -0.25) is 0 Å². The number of carbonyl (C=O) groups is 1. The lowest BCUT2D eigenvalue weighted by Gasteiger charge is -2.42. The molecule has 0 aliphatic carbocycles. The summed E-state index contributed by atoms with van der Waals surface area (Å²) < 4.78 is 20.3. The first-order valence-corrected chi connectivity index (χ1v) is 11.1. The van der Waals surface area contributed by atoms with Crippen LogP contribution in [0.1, 0.15) is 20.8 Å². The van der Waals surface area contributed by atoms with Crippen molar-refractivity contribution in [2.24, 2.45) is 0 Å². The van der Waals surface area contributed by atoms with Crippen molar-refractivity contribution in [3.8, 4) is 0 Å². The molecule has 0 unspecified atom stereocenters. The summed E-state index contributed by atoms with van der Waals surface area (Å²) in [6, 6.07) is 2.02. The van der Waals surface area contributed by atoms with Crippen molar-refractivity contribution in [1.29, 1.82) is 0 Å². The summed E-state index contributed by atoms with van der Waals surface area (Å²) in [6.45, 7) is 7.57. The van der Waals surface area contributed by atoms with Crippen molar-refractivity contribution in [2.75, 3.05) is 50.5 Å². The van der Waals surface area contributed by atoms with Gasteiger partial charge in [-0.15, -0.1) is 0 Å². The topological polar surface area (TPSA) is 82.6 Å². The van der Waals surface area contributed by atoms with E-state index in [0.717, 1.165) is 13.1 Å². The maximum Gasteiger partial charge on any atom is 0.407 e. The number of hydrogen-bond acceptors (Lipinski definition) is 7. The number of rotatable bonds is 6. The minimum absolute atomic E-state index is 0.165. The number of nitrogens with zero attached hydrogens (tertiary/aromatic N) is 4. The van der Waals surface area contributed by atoms with Gasteiger partial charge >= 0.3 is 6.09 Å². The van der Waals surface area contributed by atoms with E-state index >= 15 is 0 Å². The molecule has 0 spiro atoms. The van der Waals surface area contributed by atoms with E-state index in [-0.39, 0.29) is 15.0 Å². The molecule has 1 fully saturated rings. The summed E-state index contributed by atoms with van der Waals surface area (Å²) in [6.07, 6.45) is -0.504. The molecule has 2 aromatic rings. The highest BCUT2D eigenvalue weighted by molar-refractivity contribution is 9.10. The van der Waals surface area contributed by atoms with Gasteiger partial charge in [-0.2, -0.15) is 4.98 Å². The van der Waals surface area contributed by atoms with Gasteiger partial charge in [-0.25, -0.2) is 14.2 Å². The summed E-state index contributed by atoms with van der Waals surface area (Å²) in [7, 11) is 4.04. The fraction of sp³-hybridized carbons (Fsp3) is 0.550. The third kappa shape index (κ3) is 5.67. The number of amides is 1. The van der Waals surface area contributed by atoms with E-state index < -0.39 is 17.5 Å². The van der Waals surface area contributed by atoms with Gasteiger partial charge in [0.1, 0.15) is 16.9 Å². The van der Waals surface area contributed by atoms with Crippen LogP contribution in [0.15, 0.2) is 10.5 Å². The molecule has 2 N–H and O–H groups in total. The lowest BCUT2D eigenvalue weighted by Crippen LogP contribution is -2.58. The second-order valence-corrected chi connectivity index (χ2v) is 9.83. The first kappa shape index (κ1) is 23.7. The largest absolute Gasteiger partial charge is 0.444 e. The van der Waals surface area contributed by atoms with Crippen LogP contribution in [0.2, 0.25) is 5.02 Å². The van der Waals surface area contributed by atoms with Gasteiger partial charge in [-0.05, 0) is 56.9 Å². The van der Waals surface area contributed by atoms with Crippen molar-refractivity contribution < 1.29 is 13.9 Å². The van der Waals surface area contributed by atoms with Gasteiger partial charge < -0.3 is 25.2 Å².